The second kappa shape index (κ2) is 8.89. The van der Waals surface area contributed by atoms with Crippen LogP contribution in [0.2, 0.25) is 0 Å². The van der Waals surface area contributed by atoms with Crippen LogP contribution in [0.3, 0.4) is 0 Å². The van der Waals surface area contributed by atoms with Crippen molar-refractivity contribution in [3.8, 4) is 0 Å². The third-order valence-electron chi connectivity index (χ3n) is 4.94. The number of anilines is 1. The molecule has 1 aliphatic heterocycles. The largest absolute Gasteiger partial charge is 0.388 e. The van der Waals surface area contributed by atoms with Crippen molar-refractivity contribution >= 4 is 23.9 Å². The van der Waals surface area contributed by atoms with Crippen molar-refractivity contribution in [2.45, 2.75) is 13.5 Å². The maximum atomic E-state index is 4.63. The first-order valence-electron chi connectivity index (χ1n) is 9.33. The number of likely N-dealkylation sites (N-methyl/N-ethyl adjacent to an activating group) is 1. The van der Waals surface area contributed by atoms with Crippen LogP contribution in [0.15, 0.2) is 89.8 Å². The normalized spacial score (nSPS) is 15.5. The zero-order chi connectivity index (χ0) is 20.1. The van der Waals surface area contributed by atoms with Crippen LogP contribution in [-0.2, 0) is 6.54 Å². The number of thiol groups is 1. The molecule has 4 heteroatoms. The van der Waals surface area contributed by atoms with Gasteiger partial charge in [-0.05, 0) is 53.5 Å². The van der Waals surface area contributed by atoms with Crippen molar-refractivity contribution in [2.24, 2.45) is 0 Å². The molecule has 0 radical (unpaired) electrons. The minimum atomic E-state index is 0.741. The summed E-state index contributed by atoms with van der Waals surface area (Å²) < 4.78 is 0. The Kier molecular flexibility index (Phi) is 6.32. The van der Waals surface area contributed by atoms with Gasteiger partial charge in [0.05, 0.1) is 5.70 Å². The summed E-state index contributed by atoms with van der Waals surface area (Å²) >= 11 is 4.63. The molecular formula is C24H27N3S. The third kappa shape index (κ3) is 4.34. The molecule has 0 bridgehead atoms. The van der Waals surface area contributed by atoms with Crippen molar-refractivity contribution in [2.75, 3.05) is 19.4 Å². The highest BCUT2D eigenvalue weighted by Gasteiger charge is 2.18. The Labute approximate surface area is 173 Å². The quantitative estimate of drug-likeness (QED) is 0.583. The number of hydrogen-bond donors (Lipinski definition) is 3. The fourth-order valence-corrected chi connectivity index (χ4v) is 3.43. The smallest absolute Gasteiger partial charge is 0.106 e. The third-order valence-corrected chi connectivity index (χ3v) is 5.35. The molecule has 1 heterocycles. The number of hydrogen-bond acceptors (Lipinski definition) is 4. The van der Waals surface area contributed by atoms with E-state index in [1.54, 1.807) is 6.08 Å². The van der Waals surface area contributed by atoms with E-state index in [1.807, 2.05) is 14.1 Å². The van der Waals surface area contributed by atoms with E-state index in [9.17, 15) is 0 Å². The molecule has 2 aromatic carbocycles. The van der Waals surface area contributed by atoms with Gasteiger partial charge in [-0.15, -0.1) is 12.6 Å². The van der Waals surface area contributed by atoms with Gasteiger partial charge in [0.25, 0.3) is 0 Å². The lowest BCUT2D eigenvalue weighted by Crippen LogP contribution is -2.30. The molecule has 0 aliphatic carbocycles. The maximum Gasteiger partial charge on any atom is 0.106 e. The molecule has 2 aromatic rings. The van der Waals surface area contributed by atoms with Crippen molar-refractivity contribution < 1.29 is 0 Å². The van der Waals surface area contributed by atoms with Crippen LogP contribution in [0.5, 0.6) is 0 Å². The summed E-state index contributed by atoms with van der Waals surface area (Å²) in [5.41, 5.74) is 6.98. The fourth-order valence-electron chi connectivity index (χ4n) is 3.21. The number of nitrogens with zero attached hydrogens (tertiary/aromatic N) is 1. The lowest BCUT2D eigenvalue weighted by molar-refractivity contribution is 0.475. The van der Waals surface area contributed by atoms with Crippen LogP contribution in [0.1, 0.15) is 16.7 Å². The summed E-state index contributed by atoms with van der Waals surface area (Å²) in [5.74, 6) is 1.03. The van der Waals surface area contributed by atoms with Crippen molar-refractivity contribution in [3.05, 3.63) is 106 Å². The van der Waals surface area contributed by atoms with Crippen LogP contribution in [0, 0.1) is 6.92 Å². The molecule has 2 N–H and O–H groups in total. The van der Waals surface area contributed by atoms with E-state index >= 15 is 0 Å². The van der Waals surface area contributed by atoms with E-state index in [1.165, 1.54) is 16.7 Å². The van der Waals surface area contributed by atoms with Crippen molar-refractivity contribution in [1.29, 1.82) is 0 Å². The zero-order valence-electron chi connectivity index (χ0n) is 16.7. The molecular weight excluding hydrogens is 362 g/mol. The van der Waals surface area contributed by atoms with Gasteiger partial charge in [0.15, 0.2) is 0 Å². The average molecular weight is 390 g/mol. The Hall–Kier alpha value is -2.85. The first-order chi connectivity index (χ1) is 13.5. The summed E-state index contributed by atoms with van der Waals surface area (Å²) in [6, 6.07) is 16.9. The van der Waals surface area contributed by atoms with Gasteiger partial charge in [0.2, 0.25) is 0 Å². The van der Waals surface area contributed by atoms with Crippen LogP contribution in [-0.4, -0.2) is 19.0 Å². The zero-order valence-corrected chi connectivity index (χ0v) is 17.6. The van der Waals surface area contributed by atoms with E-state index in [-0.39, 0.29) is 0 Å². The molecule has 0 spiro atoms. The van der Waals surface area contributed by atoms with Crippen molar-refractivity contribution in [3.63, 3.8) is 0 Å². The first-order valence-corrected chi connectivity index (χ1v) is 9.77. The van der Waals surface area contributed by atoms with Crippen LogP contribution < -0.4 is 10.6 Å². The lowest BCUT2D eigenvalue weighted by atomic mass is 9.97. The monoisotopic (exact) mass is 389 g/mol. The Balaban J connectivity index is 1.92. The van der Waals surface area contributed by atoms with Gasteiger partial charge in [0, 0.05) is 31.2 Å². The van der Waals surface area contributed by atoms with E-state index in [0.717, 1.165) is 34.2 Å². The van der Waals surface area contributed by atoms with Gasteiger partial charge in [-0.3, -0.25) is 0 Å². The lowest BCUT2D eigenvalue weighted by Gasteiger charge is -2.30. The van der Waals surface area contributed by atoms with Crippen LogP contribution in [0.25, 0.3) is 5.57 Å². The minimum Gasteiger partial charge on any atom is -0.388 e. The molecule has 0 fully saturated rings. The van der Waals surface area contributed by atoms with Gasteiger partial charge in [-0.1, -0.05) is 49.1 Å². The summed E-state index contributed by atoms with van der Waals surface area (Å²) in [6.07, 6.45) is 6.14. The van der Waals surface area contributed by atoms with Gasteiger partial charge >= 0.3 is 0 Å². The second-order valence-corrected chi connectivity index (χ2v) is 7.26. The highest BCUT2D eigenvalue weighted by atomic mass is 32.1. The number of benzene rings is 2. The van der Waals surface area contributed by atoms with Crippen LogP contribution >= 0.6 is 12.6 Å². The molecule has 0 atom stereocenters. The molecule has 0 aromatic heterocycles. The molecule has 0 saturated carbocycles. The summed E-state index contributed by atoms with van der Waals surface area (Å²) in [6.45, 7) is 6.76. The van der Waals surface area contributed by atoms with Crippen molar-refractivity contribution in [1.82, 2.24) is 10.2 Å². The number of allylic oxidation sites excluding steroid dienone is 4. The molecule has 3 nitrogen and oxygen atoms in total. The van der Waals surface area contributed by atoms with E-state index in [0.29, 0.717) is 0 Å². The van der Waals surface area contributed by atoms with Gasteiger partial charge in [-0.25, -0.2) is 0 Å². The van der Waals surface area contributed by atoms with Gasteiger partial charge < -0.3 is 15.5 Å². The highest BCUT2D eigenvalue weighted by Crippen LogP contribution is 2.31. The first kappa shape index (κ1) is 19.9. The second-order valence-electron chi connectivity index (χ2n) is 6.78. The standard InChI is InChI=1S/C24H27N3S/c1-5-23(28)22-14-19(21-9-7-6-8-17(21)2)15-24(27(22)4)26-16-18-10-12-20(25-3)13-11-18/h5-15,25-26,28H,1,16H2,2-4H3/b23-22+. The number of aryl methyl sites for hydroxylation is 1. The molecule has 3 rings (SSSR count). The van der Waals surface area contributed by atoms with Gasteiger partial charge in [-0.2, -0.15) is 0 Å². The molecule has 0 saturated heterocycles. The average Bonchev–Trinajstić information content (AvgIpc) is 2.73. The summed E-state index contributed by atoms with van der Waals surface area (Å²) in [5, 5.41) is 6.73. The Morgan fingerprint density at radius 2 is 1.82 bits per heavy atom. The van der Waals surface area contributed by atoms with E-state index in [4.69, 9.17) is 0 Å². The molecule has 0 amide bonds. The van der Waals surface area contributed by atoms with E-state index < -0.39 is 0 Å². The van der Waals surface area contributed by atoms with E-state index in [2.05, 4.69) is 102 Å². The summed E-state index contributed by atoms with van der Waals surface area (Å²) in [7, 11) is 3.97. The predicted octanol–water partition coefficient (Wildman–Crippen LogP) is 5.32. The number of nitrogens with one attached hydrogen (secondary N) is 2. The Morgan fingerprint density at radius 1 is 1.11 bits per heavy atom. The highest BCUT2D eigenvalue weighted by molar-refractivity contribution is 7.84. The topological polar surface area (TPSA) is 27.3 Å². The SMILES string of the molecule is C=C/C(S)=C1/C=C(c2ccccc2C)C=C(NCc2ccc(NC)cc2)N1C. The summed E-state index contributed by atoms with van der Waals surface area (Å²) in [4.78, 5) is 2.97. The predicted molar refractivity (Wildman–Crippen MR) is 124 cm³/mol. The maximum absolute atomic E-state index is 4.63. The van der Waals surface area contributed by atoms with Gasteiger partial charge in [0.1, 0.15) is 5.82 Å². The Bertz CT molecular complexity index is 952. The molecule has 28 heavy (non-hydrogen) atoms. The molecule has 0 unspecified atom stereocenters. The molecule has 144 valence electrons. The minimum absolute atomic E-state index is 0.741. The fraction of sp³-hybridized carbons (Fsp3) is 0.167. The Morgan fingerprint density at radius 3 is 2.46 bits per heavy atom. The number of rotatable bonds is 6. The van der Waals surface area contributed by atoms with Crippen LogP contribution in [0.4, 0.5) is 5.69 Å². The molecule has 1 aliphatic rings.